The van der Waals surface area contributed by atoms with Gasteiger partial charge in [-0.3, -0.25) is 0 Å². The normalized spacial score (nSPS) is 11.7. The molecule has 0 fully saturated rings. The molecule has 0 atom stereocenters. The quantitative estimate of drug-likeness (QED) is 0.123. The van der Waals surface area contributed by atoms with Crippen molar-refractivity contribution in [3.05, 3.63) is 131 Å². The van der Waals surface area contributed by atoms with Crippen LogP contribution < -0.4 is 20.1 Å². The smallest absolute Gasteiger partial charge is 0.119 e. The van der Waals surface area contributed by atoms with Gasteiger partial charge in [-0.2, -0.15) is 0 Å². The van der Waals surface area contributed by atoms with Gasteiger partial charge in [0.2, 0.25) is 0 Å². The highest BCUT2D eigenvalue weighted by molar-refractivity contribution is 6.04. The van der Waals surface area contributed by atoms with E-state index in [1.165, 1.54) is 0 Å². The van der Waals surface area contributed by atoms with Gasteiger partial charge in [0.05, 0.1) is 13.2 Å². The van der Waals surface area contributed by atoms with Crippen molar-refractivity contribution < 1.29 is 19.7 Å². The monoisotopic (exact) mass is 538 g/mol. The Morgan fingerprint density at radius 3 is 1.15 bits per heavy atom. The third-order valence-electron chi connectivity index (χ3n) is 6.33. The Morgan fingerprint density at radius 1 is 0.450 bits per heavy atom. The average molecular weight is 539 g/mol. The van der Waals surface area contributed by atoms with Crippen LogP contribution in [0.1, 0.15) is 22.3 Å². The van der Waals surface area contributed by atoms with Crippen molar-refractivity contribution in [2.45, 2.75) is 0 Å². The van der Waals surface area contributed by atoms with E-state index >= 15 is 0 Å². The molecule has 40 heavy (non-hydrogen) atoms. The zero-order valence-corrected chi connectivity index (χ0v) is 22.8. The van der Waals surface area contributed by atoms with Crippen LogP contribution in [-0.4, -0.2) is 62.8 Å². The Hall–Kier alpha value is -3.94. The molecule has 6 nitrogen and oxygen atoms in total. The minimum absolute atomic E-state index is 0.117. The maximum absolute atomic E-state index is 8.92. The highest BCUT2D eigenvalue weighted by atomic mass is 16.5. The lowest BCUT2D eigenvalue weighted by molar-refractivity contribution is 0.275. The van der Waals surface area contributed by atoms with Gasteiger partial charge >= 0.3 is 0 Å². The van der Waals surface area contributed by atoms with Crippen LogP contribution in [0.4, 0.5) is 0 Å². The fraction of sp³-hybridized carbons (Fsp3) is 0.235. The van der Waals surface area contributed by atoms with Crippen LogP contribution in [-0.2, 0) is 0 Å². The lowest BCUT2D eigenvalue weighted by atomic mass is 9.86. The van der Waals surface area contributed by atoms with Crippen molar-refractivity contribution >= 4 is 11.1 Å². The summed E-state index contributed by atoms with van der Waals surface area (Å²) in [6, 6.07) is 37.4. The average Bonchev–Trinajstić information content (AvgIpc) is 3.01. The third-order valence-corrected chi connectivity index (χ3v) is 6.33. The minimum Gasteiger partial charge on any atom is -0.492 e. The van der Waals surface area contributed by atoms with E-state index in [1.54, 1.807) is 0 Å². The molecule has 0 heterocycles. The van der Waals surface area contributed by atoms with Crippen molar-refractivity contribution in [3.8, 4) is 11.5 Å². The van der Waals surface area contributed by atoms with Crippen LogP contribution in [0.3, 0.4) is 0 Å². The van der Waals surface area contributed by atoms with Gasteiger partial charge in [-0.25, -0.2) is 0 Å². The number of nitrogens with one attached hydrogen (secondary N) is 2. The number of benzene rings is 4. The zero-order valence-electron chi connectivity index (χ0n) is 22.8. The number of hydrogen-bond donors (Lipinski definition) is 4. The van der Waals surface area contributed by atoms with E-state index in [2.05, 4.69) is 83.4 Å². The van der Waals surface area contributed by atoms with Gasteiger partial charge in [0.1, 0.15) is 24.7 Å². The topological polar surface area (TPSA) is 83.0 Å². The summed E-state index contributed by atoms with van der Waals surface area (Å²) < 4.78 is 11.8. The van der Waals surface area contributed by atoms with E-state index in [0.29, 0.717) is 39.4 Å². The molecular formula is C34H38N2O4. The van der Waals surface area contributed by atoms with E-state index in [-0.39, 0.29) is 13.2 Å². The van der Waals surface area contributed by atoms with Crippen molar-refractivity contribution in [1.29, 1.82) is 0 Å². The maximum Gasteiger partial charge on any atom is 0.119 e. The molecule has 0 unspecified atom stereocenters. The maximum atomic E-state index is 8.92. The van der Waals surface area contributed by atoms with Crippen molar-refractivity contribution in [3.63, 3.8) is 0 Å². The summed E-state index contributed by atoms with van der Waals surface area (Å²) in [6.07, 6.45) is 0. The van der Waals surface area contributed by atoms with Crippen LogP contribution in [0.25, 0.3) is 11.1 Å². The molecule has 0 saturated carbocycles. The molecule has 4 N–H and O–H groups in total. The zero-order chi connectivity index (χ0) is 27.8. The molecule has 0 aliphatic rings. The minimum atomic E-state index is 0.117. The van der Waals surface area contributed by atoms with Crippen molar-refractivity contribution in [2.24, 2.45) is 0 Å². The summed E-state index contributed by atoms with van der Waals surface area (Å²) in [5.74, 6) is 1.61. The molecule has 0 spiro atoms. The van der Waals surface area contributed by atoms with Gasteiger partial charge in [0, 0.05) is 26.2 Å². The molecule has 0 saturated heterocycles. The first-order valence-electron chi connectivity index (χ1n) is 13.7. The van der Waals surface area contributed by atoms with E-state index < -0.39 is 0 Å². The molecule has 0 amide bonds. The summed E-state index contributed by atoms with van der Waals surface area (Å²) in [5.41, 5.74) is 6.68. The highest BCUT2D eigenvalue weighted by Gasteiger charge is 2.16. The molecule has 208 valence electrons. The van der Waals surface area contributed by atoms with E-state index in [9.17, 15) is 0 Å². The van der Waals surface area contributed by atoms with Crippen LogP contribution in [0.5, 0.6) is 11.5 Å². The molecule has 0 radical (unpaired) electrons. The van der Waals surface area contributed by atoms with Crippen molar-refractivity contribution in [2.75, 3.05) is 52.6 Å². The summed E-state index contributed by atoms with van der Waals surface area (Å²) in [4.78, 5) is 0. The Bertz CT molecular complexity index is 1190. The van der Waals surface area contributed by atoms with Crippen LogP contribution in [0, 0.1) is 0 Å². The first-order chi connectivity index (χ1) is 19.8. The second kappa shape index (κ2) is 16.2. The molecule has 0 aromatic heterocycles. The van der Waals surface area contributed by atoms with Gasteiger partial charge < -0.3 is 30.3 Å². The summed E-state index contributed by atoms with van der Waals surface area (Å²) >= 11 is 0. The lowest BCUT2D eigenvalue weighted by Crippen LogP contribution is -2.23. The first-order valence-corrected chi connectivity index (χ1v) is 13.7. The van der Waals surface area contributed by atoms with E-state index in [4.69, 9.17) is 19.7 Å². The van der Waals surface area contributed by atoms with E-state index in [1.807, 2.05) is 36.4 Å². The van der Waals surface area contributed by atoms with Crippen LogP contribution in [0.2, 0.25) is 0 Å². The highest BCUT2D eigenvalue weighted by Crippen LogP contribution is 2.37. The second-order valence-electron chi connectivity index (χ2n) is 9.17. The van der Waals surface area contributed by atoms with Crippen molar-refractivity contribution in [1.82, 2.24) is 10.6 Å². The molecule has 0 aliphatic carbocycles. The molecule has 0 aliphatic heterocycles. The Morgan fingerprint density at radius 2 is 0.800 bits per heavy atom. The number of aliphatic hydroxyl groups excluding tert-OH is 2. The number of rotatable bonds is 16. The Kier molecular flexibility index (Phi) is 11.8. The Balaban J connectivity index is 1.69. The molecule has 6 heteroatoms. The van der Waals surface area contributed by atoms with Gasteiger partial charge in [-0.1, -0.05) is 84.9 Å². The predicted molar refractivity (Wildman–Crippen MR) is 162 cm³/mol. The van der Waals surface area contributed by atoms with Crippen LogP contribution >= 0.6 is 0 Å². The number of aliphatic hydroxyl groups is 2. The largest absolute Gasteiger partial charge is 0.492 e. The first kappa shape index (κ1) is 29.1. The van der Waals surface area contributed by atoms with Crippen LogP contribution in [0.15, 0.2) is 109 Å². The number of hydrogen-bond acceptors (Lipinski definition) is 6. The summed E-state index contributed by atoms with van der Waals surface area (Å²) in [6.45, 7) is 3.76. The standard InChI is InChI=1S/C34H38N2O4/c37-23-19-35-21-25-39-31-15-11-29(12-16-31)33(27-7-3-1-4-8-27)34(28-9-5-2-6-10-28)30-13-17-32(18-14-30)40-26-22-36-20-24-38/h1-18,35-38H,19-26H2/b34-33-. The summed E-state index contributed by atoms with van der Waals surface area (Å²) in [7, 11) is 0. The molecule has 4 aromatic carbocycles. The Labute approximate surface area is 236 Å². The van der Waals surface area contributed by atoms with Gasteiger partial charge in [-0.15, -0.1) is 0 Å². The fourth-order valence-electron chi connectivity index (χ4n) is 4.45. The predicted octanol–water partition coefficient (Wildman–Crippen LogP) is 4.62. The van der Waals surface area contributed by atoms with Gasteiger partial charge in [-0.05, 0) is 57.7 Å². The number of ether oxygens (including phenoxy) is 2. The molecule has 4 aromatic rings. The van der Waals surface area contributed by atoms with Gasteiger partial charge in [0.25, 0.3) is 0 Å². The fourth-order valence-corrected chi connectivity index (χ4v) is 4.45. The molecular weight excluding hydrogens is 500 g/mol. The lowest BCUT2D eigenvalue weighted by Gasteiger charge is -2.19. The summed E-state index contributed by atoms with van der Waals surface area (Å²) in [5, 5.41) is 24.1. The molecule has 0 bridgehead atoms. The second-order valence-corrected chi connectivity index (χ2v) is 9.17. The molecule has 4 rings (SSSR count). The van der Waals surface area contributed by atoms with E-state index in [0.717, 1.165) is 44.9 Å². The van der Waals surface area contributed by atoms with Gasteiger partial charge in [0.15, 0.2) is 0 Å². The SMILES string of the molecule is OCCNCCOc1ccc(/C(=C(/c2ccccc2)c2ccc(OCCNCCO)cc2)c2ccccc2)cc1. The third kappa shape index (κ3) is 8.53.